The molecule has 1 atom stereocenters. The molecule has 1 unspecified atom stereocenters. The van der Waals surface area contributed by atoms with Gasteiger partial charge in [-0.05, 0) is 67.7 Å². The molecule has 0 N–H and O–H groups in total. The summed E-state index contributed by atoms with van der Waals surface area (Å²) >= 11 is 0. The largest absolute Gasteiger partial charge is 0.496 e. The zero-order valence-electron chi connectivity index (χ0n) is 15.5. The second-order valence-electron chi connectivity index (χ2n) is 7.46. The monoisotopic (exact) mass is 354 g/mol. The number of hydrogen-bond donors (Lipinski definition) is 0. The summed E-state index contributed by atoms with van der Waals surface area (Å²) in [6.07, 6.45) is 3.74. The Labute approximate surface area is 155 Å². The van der Waals surface area contributed by atoms with E-state index in [2.05, 4.69) is 28.0 Å². The molecule has 138 valence electrons. The molecule has 4 heteroatoms. The van der Waals surface area contributed by atoms with E-state index in [1.54, 1.807) is 19.2 Å². The van der Waals surface area contributed by atoms with Gasteiger partial charge in [0.2, 0.25) is 0 Å². The quantitative estimate of drug-likeness (QED) is 0.766. The van der Waals surface area contributed by atoms with Gasteiger partial charge in [0.25, 0.3) is 0 Å². The van der Waals surface area contributed by atoms with Crippen molar-refractivity contribution in [1.29, 1.82) is 0 Å². The van der Waals surface area contributed by atoms with Gasteiger partial charge in [0.1, 0.15) is 11.6 Å². The minimum Gasteiger partial charge on any atom is -0.496 e. The first kappa shape index (κ1) is 17.5. The molecule has 2 aliphatic rings. The molecule has 26 heavy (non-hydrogen) atoms. The molecular formula is C22H27FN2O. The summed E-state index contributed by atoms with van der Waals surface area (Å²) in [5.41, 5.74) is 3.82. The lowest BCUT2D eigenvalue weighted by atomic mass is 9.93. The Morgan fingerprint density at radius 2 is 1.77 bits per heavy atom. The topological polar surface area (TPSA) is 15.7 Å². The number of ether oxygens (including phenoxy) is 1. The summed E-state index contributed by atoms with van der Waals surface area (Å²) in [6, 6.07) is 13.9. The lowest BCUT2D eigenvalue weighted by Crippen LogP contribution is -2.40. The van der Waals surface area contributed by atoms with Gasteiger partial charge < -0.3 is 4.74 Å². The minimum absolute atomic E-state index is 0.165. The van der Waals surface area contributed by atoms with E-state index in [1.165, 1.54) is 42.6 Å². The minimum atomic E-state index is -0.165. The van der Waals surface area contributed by atoms with Crippen molar-refractivity contribution >= 4 is 0 Å². The van der Waals surface area contributed by atoms with Gasteiger partial charge in [-0.2, -0.15) is 0 Å². The Kier molecular flexibility index (Phi) is 5.23. The summed E-state index contributed by atoms with van der Waals surface area (Å²) in [5.74, 6) is 0.820. The molecule has 2 heterocycles. The van der Waals surface area contributed by atoms with Crippen LogP contribution < -0.4 is 4.74 Å². The predicted molar refractivity (Wildman–Crippen MR) is 102 cm³/mol. The van der Waals surface area contributed by atoms with Crippen LogP contribution in [0.15, 0.2) is 42.5 Å². The van der Waals surface area contributed by atoms with Gasteiger partial charge in [0.05, 0.1) is 7.11 Å². The summed E-state index contributed by atoms with van der Waals surface area (Å²) in [7, 11) is 1.75. The first-order chi connectivity index (χ1) is 12.7. The fourth-order valence-electron chi connectivity index (χ4n) is 4.16. The highest BCUT2D eigenvalue weighted by Gasteiger charge is 2.29. The van der Waals surface area contributed by atoms with E-state index in [0.29, 0.717) is 6.04 Å². The highest BCUT2D eigenvalue weighted by atomic mass is 19.1. The predicted octanol–water partition coefficient (Wildman–Crippen LogP) is 4.38. The van der Waals surface area contributed by atoms with Gasteiger partial charge in [-0.25, -0.2) is 4.39 Å². The van der Waals surface area contributed by atoms with Crippen LogP contribution in [0.5, 0.6) is 5.75 Å². The molecule has 0 aliphatic carbocycles. The molecule has 2 aliphatic heterocycles. The van der Waals surface area contributed by atoms with Crippen LogP contribution in [-0.2, 0) is 13.1 Å². The van der Waals surface area contributed by atoms with Crippen molar-refractivity contribution in [2.24, 2.45) is 0 Å². The van der Waals surface area contributed by atoms with Gasteiger partial charge in [0.15, 0.2) is 0 Å². The molecule has 0 saturated carbocycles. The lowest BCUT2D eigenvalue weighted by Gasteiger charge is -2.41. The number of rotatable bonds is 6. The molecule has 2 aromatic carbocycles. The van der Waals surface area contributed by atoms with E-state index in [0.717, 1.165) is 31.8 Å². The van der Waals surface area contributed by atoms with Gasteiger partial charge in [0, 0.05) is 31.2 Å². The smallest absolute Gasteiger partial charge is 0.123 e. The van der Waals surface area contributed by atoms with Crippen LogP contribution in [-0.4, -0.2) is 36.5 Å². The van der Waals surface area contributed by atoms with Crippen molar-refractivity contribution < 1.29 is 9.13 Å². The number of benzene rings is 2. The molecule has 3 nitrogen and oxygen atoms in total. The van der Waals surface area contributed by atoms with Crippen molar-refractivity contribution in [3.8, 4) is 5.75 Å². The van der Waals surface area contributed by atoms with Crippen molar-refractivity contribution in [1.82, 2.24) is 9.80 Å². The third-order valence-electron chi connectivity index (χ3n) is 5.71. The van der Waals surface area contributed by atoms with Crippen LogP contribution in [0.2, 0.25) is 0 Å². The standard InChI is InChI=1S/C22H27FN2O/c1-26-22-9-4-17(14-19(22)16-24-11-2-3-12-24)15-25-13-10-21(25)18-5-7-20(23)8-6-18/h4-9,14,21H,2-3,10-13,15-16H2,1H3. The van der Waals surface area contributed by atoms with E-state index in [1.807, 2.05) is 12.1 Å². The summed E-state index contributed by atoms with van der Waals surface area (Å²) in [6.45, 7) is 5.37. The number of halogens is 1. The zero-order valence-corrected chi connectivity index (χ0v) is 15.5. The second kappa shape index (κ2) is 7.77. The van der Waals surface area contributed by atoms with Crippen LogP contribution in [0.4, 0.5) is 4.39 Å². The maximum absolute atomic E-state index is 13.2. The Bertz CT molecular complexity index is 740. The molecule has 2 fully saturated rings. The molecule has 0 bridgehead atoms. The molecule has 0 amide bonds. The SMILES string of the molecule is COc1ccc(CN2CCC2c2ccc(F)cc2)cc1CN1CCCC1. The summed E-state index contributed by atoms with van der Waals surface area (Å²) < 4.78 is 18.8. The van der Waals surface area contributed by atoms with Crippen LogP contribution in [0.3, 0.4) is 0 Å². The number of likely N-dealkylation sites (tertiary alicyclic amines) is 2. The zero-order chi connectivity index (χ0) is 17.9. The first-order valence-corrected chi connectivity index (χ1v) is 9.60. The molecule has 0 radical (unpaired) electrons. The van der Waals surface area contributed by atoms with E-state index in [9.17, 15) is 4.39 Å². The van der Waals surface area contributed by atoms with Crippen molar-refractivity contribution in [2.45, 2.75) is 38.4 Å². The number of nitrogens with zero attached hydrogens (tertiary/aromatic N) is 2. The second-order valence-corrected chi connectivity index (χ2v) is 7.46. The lowest BCUT2D eigenvalue weighted by molar-refractivity contribution is 0.0818. The fraction of sp³-hybridized carbons (Fsp3) is 0.455. The molecule has 0 spiro atoms. The third-order valence-corrected chi connectivity index (χ3v) is 5.71. The van der Waals surface area contributed by atoms with Crippen LogP contribution >= 0.6 is 0 Å². The molecule has 4 rings (SSSR count). The molecule has 0 aromatic heterocycles. The summed E-state index contributed by atoms with van der Waals surface area (Å²) in [4.78, 5) is 4.97. The van der Waals surface area contributed by atoms with Gasteiger partial charge in [-0.15, -0.1) is 0 Å². The van der Waals surface area contributed by atoms with Gasteiger partial charge >= 0.3 is 0 Å². The van der Waals surface area contributed by atoms with Crippen LogP contribution in [0.25, 0.3) is 0 Å². The van der Waals surface area contributed by atoms with Gasteiger partial charge in [-0.3, -0.25) is 9.80 Å². The summed E-state index contributed by atoms with van der Waals surface area (Å²) in [5, 5.41) is 0. The Morgan fingerprint density at radius 1 is 1.00 bits per heavy atom. The highest BCUT2D eigenvalue weighted by molar-refractivity contribution is 5.37. The van der Waals surface area contributed by atoms with E-state index < -0.39 is 0 Å². The van der Waals surface area contributed by atoms with Crippen LogP contribution in [0, 0.1) is 5.82 Å². The molecule has 2 saturated heterocycles. The maximum atomic E-state index is 13.2. The number of hydrogen-bond acceptors (Lipinski definition) is 3. The highest BCUT2D eigenvalue weighted by Crippen LogP contribution is 2.35. The van der Waals surface area contributed by atoms with Crippen molar-refractivity contribution in [2.75, 3.05) is 26.7 Å². The normalized spacial score (nSPS) is 20.9. The van der Waals surface area contributed by atoms with E-state index in [4.69, 9.17) is 4.74 Å². The van der Waals surface area contributed by atoms with Crippen molar-refractivity contribution in [3.05, 3.63) is 65.0 Å². The molecule has 2 aromatic rings. The Balaban J connectivity index is 1.46. The first-order valence-electron chi connectivity index (χ1n) is 9.60. The third kappa shape index (κ3) is 3.76. The van der Waals surface area contributed by atoms with E-state index in [-0.39, 0.29) is 5.82 Å². The Morgan fingerprint density at radius 3 is 2.42 bits per heavy atom. The van der Waals surface area contributed by atoms with Crippen molar-refractivity contribution in [3.63, 3.8) is 0 Å². The van der Waals surface area contributed by atoms with Gasteiger partial charge in [-0.1, -0.05) is 18.2 Å². The average molecular weight is 354 g/mol. The number of methoxy groups -OCH3 is 1. The van der Waals surface area contributed by atoms with E-state index >= 15 is 0 Å². The molecular weight excluding hydrogens is 327 g/mol. The Hall–Kier alpha value is -1.91. The average Bonchev–Trinajstić information content (AvgIpc) is 3.14. The van der Waals surface area contributed by atoms with Crippen LogP contribution in [0.1, 0.15) is 42.0 Å². The fourth-order valence-corrected chi connectivity index (χ4v) is 4.16. The maximum Gasteiger partial charge on any atom is 0.123 e.